The van der Waals surface area contributed by atoms with Gasteiger partial charge in [-0.05, 0) is 16.7 Å². The Hall–Kier alpha value is -2.54. The third kappa shape index (κ3) is 3.78. The molecular formula is C25H26O5. The molecule has 0 amide bonds. The van der Waals surface area contributed by atoms with E-state index >= 15 is 0 Å². The first kappa shape index (κ1) is 20.7. The van der Waals surface area contributed by atoms with Crippen LogP contribution in [0.5, 0.6) is 0 Å². The normalized spacial score (nSPS) is 24.1. The second kappa shape index (κ2) is 9.08. The van der Waals surface area contributed by atoms with Crippen LogP contribution < -0.4 is 0 Å². The molecule has 2 N–H and O–H groups in total. The Kier molecular flexibility index (Phi) is 6.27. The molecule has 0 saturated carbocycles. The van der Waals surface area contributed by atoms with Crippen LogP contribution in [0.1, 0.15) is 16.7 Å². The van der Waals surface area contributed by atoms with E-state index in [0.717, 1.165) is 16.7 Å². The van der Waals surface area contributed by atoms with Crippen molar-refractivity contribution in [2.45, 2.75) is 30.2 Å². The van der Waals surface area contributed by atoms with Crippen LogP contribution in [0.2, 0.25) is 0 Å². The standard InChI is InChI=1S/C25H26O5/c1-28-23-22(26)21(30-24(23)27)17-29-25(18-11-5-2-6-12-18,19-13-7-3-8-14-19)20-15-9-4-10-16-20/h2-16,21-24,26-27H,17H2,1H3/t21-,22+,23-,24?/m1/s1. The van der Waals surface area contributed by atoms with Gasteiger partial charge in [0.05, 0.1) is 6.61 Å². The molecule has 0 radical (unpaired) electrons. The fourth-order valence-corrected chi connectivity index (χ4v) is 4.09. The summed E-state index contributed by atoms with van der Waals surface area (Å²) in [7, 11) is 1.44. The summed E-state index contributed by atoms with van der Waals surface area (Å²) < 4.78 is 17.3. The third-order valence-corrected chi connectivity index (χ3v) is 5.59. The quantitative estimate of drug-likeness (QED) is 0.590. The van der Waals surface area contributed by atoms with E-state index < -0.39 is 30.2 Å². The first-order valence-corrected chi connectivity index (χ1v) is 10.0. The van der Waals surface area contributed by atoms with Crippen LogP contribution in [-0.4, -0.2) is 48.5 Å². The summed E-state index contributed by atoms with van der Waals surface area (Å²) in [5.74, 6) is 0. The van der Waals surface area contributed by atoms with Crippen LogP contribution in [0.15, 0.2) is 91.0 Å². The number of ether oxygens (including phenoxy) is 3. The van der Waals surface area contributed by atoms with E-state index in [1.165, 1.54) is 7.11 Å². The Morgan fingerprint density at radius 1 is 0.767 bits per heavy atom. The van der Waals surface area contributed by atoms with Crippen LogP contribution in [0.3, 0.4) is 0 Å². The average molecular weight is 406 g/mol. The number of hydrogen-bond acceptors (Lipinski definition) is 5. The minimum Gasteiger partial charge on any atom is -0.387 e. The van der Waals surface area contributed by atoms with Crippen molar-refractivity contribution in [3.05, 3.63) is 108 Å². The van der Waals surface area contributed by atoms with Crippen molar-refractivity contribution >= 4 is 0 Å². The van der Waals surface area contributed by atoms with Crippen molar-refractivity contribution in [1.82, 2.24) is 0 Å². The molecule has 156 valence electrons. The summed E-state index contributed by atoms with van der Waals surface area (Å²) >= 11 is 0. The van der Waals surface area contributed by atoms with Gasteiger partial charge in [0.1, 0.15) is 23.9 Å². The maximum Gasteiger partial charge on any atom is 0.184 e. The second-order valence-electron chi connectivity index (χ2n) is 7.35. The lowest BCUT2D eigenvalue weighted by Gasteiger charge is -2.37. The highest BCUT2D eigenvalue weighted by molar-refractivity contribution is 5.47. The van der Waals surface area contributed by atoms with Crippen LogP contribution in [-0.2, 0) is 19.8 Å². The van der Waals surface area contributed by atoms with Crippen molar-refractivity contribution in [2.75, 3.05) is 13.7 Å². The Bertz CT molecular complexity index is 819. The van der Waals surface area contributed by atoms with E-state index in [4.69, 9.17) is 14.2 Å². The first-order chi connectivity index (χ1) is 14.7. The zero-order valence-corrected chi connectivity index (χ0v) is 16.8. The van der Waals surface area contributed by atoms with Crippen molar-refractivity contribution in [2.24, 2.45) is 0 Å². The first-order valence-electron chi connectivity index (χ1n) is 10.0. The van der Waals surface area contributed by atoms with E-state index in [1.807, 2.05) is 91.0 Å². The maximum atomic E-state index is 10.5. The van der Waals surface area contributed by atoms with Crippen LogP contribution in [0, 0.1) is 0 Å². The molecule has 0 spiro atoms. The smallest absolute Gasteiger partial charge is 0.184 e. The topological polar surface area (TPSA) is 68.2 Å². The SMILES string of the molecule is CO[C@H]1C(O)O[C@H](COC(c2ccccc2)(c2ccccc2)c2ccccc2)[C@@H]1O. The molecule has 0 aliphatic carbocycles. The van der Waals surface area contributed by atoms with Crippen molar-refractivity contribution in [3.8, 4) is 0 Å². The van der Waals surface area contributed by atoms with Gasteiger partial charge in [0.2, 0.25) is 0 Å². The van der Waals surface area contributed by atoms with Gasteiger partial charge < -0.3 is 24.4 Å². The highest BCUT2D eigenvalue weighted by atomic mass is 16.7. The molecule has 1 heterocycles. The summed E-state index contributed by atoms with van der Waals surface area (Å²) in [6, 6.07) is 29.9. The van der Waals surface area contributed by atoms with Gasteiger partial charge in [-0.25, -0.2) is 0 Å². The van der Waals surface area contributed by atoms with E-state index in [2.05, 4.69) is 0 Å². The minimum absolute atomic E-state index is 0.0662. The van der Waals surface area contributed by atoms with Crippen LogP contribution in [0.25, 0.3) is 0 Å². The molecule has 5 heteroatoms. The summed E-state index contributed by atoms with van der Waals surface area (Å²) in [6.07, 6.45) is -3.72. The Morgan fingerprint density at radius 3 is 1.57 bits per heavy atom. The second-order valence-corrected chi connectivity index (χ2v) is 7.35. The molecule has 3 aromatic carbocycles. The largest absolute Gasteiger partial charge is 0.387 e. The molecule has 4 rings (SSSR count). The van der Waals surface area contributed by atoms with Crippen molar-refractivity contribution in [1.29, 1.82) is 0 Å². The van der Waals surface area contributed by atoms with E-state index in [0.29, 0.717) is 0 Å². The van der Waals surface area contributed by atoms with Gasteiger partial charge in [0.25, 0.3) is 0 Å². The van der Waals surface area contributed by atoms with Gasteiger partial charge in [-0.3, -0.25) is 0 Å². The Morgan fingerprint density at radius 2 is 1.20 bits per heavy atom. The van der Waals surface area contributed by atoms with Gasteiger partial charge in [0, 0.05) is 7.11 Å². The number of rotatable bonds is 7. The summed E-state index contributed by atoms with van der Waals surface area (Å²) in [4.78, 5) is 0. The number of aliphatic hydroxyl groups is 2. The lowest BCUT2D eigenvalue weighted by atomic mass is 9.80. The van der Waals surface area contributed by atoms with Crippen LogP contribution >= 0.6 is 0 Å². The summed E-state index contributed by atoms with van der Waals surface area (Å²) in [6.45, 7) is 0.0662. The minimum atomic E-state index is -1.20. The maximum absolute atomic E-state index is 10.5. The molecule has 1 aliphatic rings. The summed E-state index contributed by atoms with van der Waals surface area (Å²) in [5.41, 5.74) is 1.96. The molecular weight excluding hydrogens is 380 g/mol. The molecule has 1 unspecified atom stereocenters. The van der Waals surface area contributed by atoms with E-state index in [9.17, 15) is 10.2 Å². The lowest BCUT2D eigenvalue weighted by Crippen LogP contribution is -2.40. The van der Waals surface area contributed by atoms with Gasteiger partial charge in [0.15, 0.2) is 6.29 Å². The molecule has 0 bridgehead atoms. The molecule has 1 fully saturated rings. The molecule has 4 atom stereocenters. The molecule has 30 heavy (non-hydrogen) atoms. The third-order valence-electron chi connectivity index (χ3n) is 5.59. The number of benzene rings is 3. The number of hydrogen-bond donors (Lipinski definition) is 2. The highest BCUT2D eigenvalue weighted by Crippen LogP contribution is 2.41. The molecule has 1 aliphatic heterocycles. The fourth-order valence-electron chi connectivity index (χ4n) is 4.09. The molecule has 1 saturated heterocycles. The number of methoxy groups -OCH3 is 1. The van der Waals surface area contributed by atoms with Crippen molar-refractivity contribution in [3.63, 3.8) is 0 Å². The van der Waals surface area contributed by atoms with Gasteiger partial charge in [-0.1, -0.05) is 91.0 Å². The van der Waals surface area contributed by atoms with E-state index in [-0.39, 0.29) is 6.61 Å². The molecule has 5 nitrogen and oxygen atoms in total. The van der Waals surface area contributed by atoms with Crippen molar-refractivity contribution < 1.29 is 24.4 Å². The summed E-state index contributed by atoms with van der Waals surface area (Å²) in [5, 5.41) is 20.6. The van der Waals surface area contributed by atoms with Crippen LogP contribution in [0.4, 0.5) is 0 Å². The number of aliphatic hydroxyl groups excluding tert-OH is 2. The molecule has 3 aromatic rings. The average Bonchev–Trinajstić information content (AvgIpc) is 3.08. The predicted molar refractivity (Wildman–Crippen MR) is 113 cm³/mol. The molecule has 0 aromatic heterocycles. The zero-order chi connectivity index (χ0) is 21.0. The van der Waals surface area contributed by atoms with Gasteiger partial charge >= 0.3 is 0 Å². The van der Waals surface area contributed by atoms with Gasteiger partial charge in [-0.15, -0.1) is 0 Å². The van der Waals surface area contributed by atoms with E-state index in [1.54, 1.807) is 0 Å². The Balaban J connectivity index is 1.78. The highest BCUT2D eigenvalue weighted by Gasteiger charge is 2.45. The lowest BCUT2D eigenvalue weighted by molar-refractivity contribution is -0.150. The van der Waals surface area contributed by atoms with Gasteiger partial charge in [-0.2, -0.15) is 0 Å². The Labute approximate surface area is 176 Å². The predicted octanol–water partition coefficient (Wildman–Crippen LogP) is 3.09. The fraction of sp³-hybridized carbons (Fsp3) is 0.280. The zero-order valence-electron chi connectivity index (χ0n) is 16.8. The monoisotopic (exact) mass is 406 g/mol.